The summed E-state index contributed by atoms with van der Waals surface area (Å²) in [6.45, 7) is 0. The maximum atomic E-state index is 13.8. The quantitative estimate of drug-likeness (QED) is 0.814. The van der Waals surface area contributed by atoms with Crippen LogP contribution in [0.3, 0.4) is 0 Å². The van der Waals surface area contributed by atoms with Crippen molar-refractivity contribution in [2.75, 3.05) is 13.4 Å². The minimum Gasteiger partial charge on any atom is -0.497 e. The summed E-state index contributed by atoms with van der Waals surface area (Å²) >= 11 is 0. The van der Waals surface area contributed by atoms with Crippen LogP contribution < -0.4 is 8.92 Å². The number of hydrogen-bond acceptors (Lipinski definition) is 4. The summed E-state index contributed by atoms with van der Waals surface area (Å²) in [4.78, 5) is 0. The molecule has 0 heterocycles. The van der Waals surface area contributed by atoms with E-state index in [4.69, 9.17) is 8.92 Å². The van der Waals surface area contributed by atoms with E-state index in [1.807, 2.05) is 0 Å². The molecule has 0 saturated carbocycles. The molecule has 0 aliphatic rings. The Morgan fingerprint density at radius 2 is 1.70 bits per heavy atom. The van der Waals surface area contributed by atoms with Gasteiger partial charge in [-0.05, 0) is 23.8 Å². The Balaban J connectivity index is 2.54. The minimum absolute atomic E-state index is 0.0742. The minimum atomic E-state index is -3.66. The molecule has 4 nitrogen and oxygen atoms in total. The molecule has 2 rings (SSSR count). The third-order valence-corrected chi connectivity index (χ3v) is 3.04. The lowest BCUT2D eigenvalue weighted by Gasteiger charge is -2.10. The molecule has 0 saturated heterocycles. The molecule has 2 aromatic carbocycles. The first kappa shape index (κ1) is 14.3. The maximum Gasteiger partial charge on any atom is 0.306 e. The third-order valence-electron chi connectivity index (χ3n) is 2.55. The predicted molar refractivity (Wildman–Crippen MR) is 73.9 cm³/mol. The fourth-order valence-electron chi connectivity index (χ4n) is 1.76. The van der Waals surface area contributed by atoms with Crippen LogP contribution >= 0.6 is 0 Å². The average Bonchev–Trinajstić information content (AvgIpc) is 2.36. The second-order valence-electron chi connectivity index (χ2n) is 4.16. The van der Waals surface area contributed by atoms with Crippen molar-refractivity contribution in [3.05, 3.63) is 48.3 Å². The molecule has 106 valence electrons. The highest BCUT2D eigenvalue weighted by molar-refractivity contribution is 7.86. The lowest BCUT2D eigenvalue weighted by Crippen LogP contribution is -2.06. The van der Waals surface area contributed by atoms with Crippen molar-refractivity contribution in [2.45, 2.75) is 0 Å². The van der Waals surface area contributed by atoms with Crippen molar-refractivity contribution in [1.29, 1.82) is 0 Å². The molecule has 0 spiro atoms. The fraction of sp³-hybridized carbons (Fsp3) is 0.143. The molecule has 0 unspecified atom stereocenters. The Bertz CT molecular complexity index is 726. The van der Waals surface area contributed by atoms with Crippen molar-refractivity contribution in [3.8, 4) is 22.6 Å². The van der Waals surface area contributed by atoms with Crippen LogP contribution in [0.5, 0.6) is 11.5 Å². The van der Waals surface area contributed by atoms with E-state index in [1.54, 1.807) is 24.3 Å². The van der Waals surface area contributed by atoms with Gasteiger partial charge in [-0.3, -0.25) is 0 Å². The molecule has 0 amide bonds. The molecular weight excluding hydrogens is 283 g/mol. The summed E-state index contributed by atoms with van der Waals surface area (Å²) < 4.78 is 46.0. The van der Waals surface area contributed by atoms with Crippen LogP contribution in [0.25, 0.3) is 11.1 Å². The van der Waals surface area contributed by atoms with E-state index < -0.39 is 15.9 Å². The van der Waals surface area contributed by atoms with E-state index in [2.05, 4.69) is 0 Å². The van der Waals surface area contributed by atoms with Gasteiger partial charge in [-0.15, -0.1) is 0 Å². The zero-order valence-corrected chi connectivity index (χ0v) is 11.8. The SMILES string of the molecule is COc1cc(OS(C)(=O)=O)cc(-c2ccccc2F)c1. The van der Waals surface area contributed by atoms with Crippen LogP contribution in [0, 0.1) is 5.82 Å². The third kappa shape index (κ3) is 3.48. The monoisotopic (exact) mass is 296 g/mol. The molecule has 0 fully saturated rings. The van der Waals surface area contributed by atoms with Gasteiger partial charge in [0.2, 0.25) is 0 Å². The normalized spacial score (nSPS) is 11.2. The Labute approximate surface area is 116 Å². The standard InChI is InChI=1S/C14H13FO4S/c1-18-11-7-10(13-5-3-4-6-14(13)15)8-12(9-11)19-20(2,16)17/h3-9H,1-2H3. The molecule has 0 atom stereocenters. The zero-order chi connectivity index (χ0) is 14.8. The van der Waals surface area contributed by atoms with E-state index in [-0.39, 0.29) is 5.75 Å². The molecule has 20 heavy (non-hydrogen) atoms. The molecule has 0 aromatic heterocycles. The molecule has 0 radical (unpaired) electrons. The van der Waals surface area contributed by atoms with Gasteiger partial charge in [0.15, 0.2) is 0 Å². The van der Waals surface area contributed by atoms with Gasteiger partial charge in [-0.1, -0.05) is 18.2 Å². The predicted octanol–water partition coefficient (Wildman–Crippen LogP) is 2.84. The molecule has 2 aromatic rings. The van der Waals surface area contributed by atoms with Gasteiger partial charge in [0.05, 0.1) is 13.4 Å². The van der Waals surface area contributed by atoms with Crippen LogP contribution in [-0.4, -0.2) is 21.8 Å². The first-order valence-corrected chi connectivity index (χ1v) is 7.54. The van der Waals surface area contributed by atoms with E-state index >= 15 is 0 Å². The highest BCUT2D eigenvalue weighted by Crippen LogP contribution is 2.31. The Kier molecular flexibility index (Phi) is 3.94. The van der Waals surface area contributed by atoms with Crippen LogP contribution in [0.15, 0.2) is 42.5 Å². The van der Waals surface area contributed by atoms with Crippen LogP contribution in [0.2, 0.25) is 0 Å². The topological polar surface area (TPSA) is 52.6 Å². The largest absolute Gasteiger partial charge is 0.497 e. The van der Waals surface area contributed by atoms with E-state index in [1.165, 1.54) is 25.3 Å². The number of halogens is 1. The smallest absolute Gasteiger partial charge is 0.306 e. The van der Waals surface area contributed by atoms with Gasteiger partial charge < -0.3 is 8.92 Å². The van der Waals surface area contributed by atoms with Crippen LogP contribution in [-0.2, 0) is 10.1 Å². The highest BCUT2D eigenvalue weighted by atomic mass is 32.2. The van der Waals surface area contributed by atoms with Crippen LogP contribution in [0.1, 0.15) is 0 Å². The number of hydrogen-bond donors (Lipinski definition) is 0. The summed E-state index contributed by atoms with van der Waals surface area (Å²) in [6, 6.07) is 10.7. The van der Waals surface area contributed by atoms with E-state index in [9.17, 15) is 12.8 Å². The summed E-state index contributed by atoms with van der Waals surface area (Å²) in [5.74, 6) is 0.0422. The number of methoxy groups -OCH3 is 1. The van der Waals surface area contributed by atoms with Gasteiger partial charge in [0, 0.05) is 11.6 Å². The Morgan fingerprint density at radius 1 is 1.05 bits per heavy atom. The van der Waals surface area contributed by atoms with Crippen molar-refractivity contribution >= 4 is 10.1 Å². The average molecular weight is 296 g/mol. The molecule has 0 aliphatic heterocycles. The van der Waals surface area contributed by atoms with Gasteiger partial charge in [-0.2, -0.15) is 8.42 Å². The van der Waals surface area contributed by atoms with Crippen LogP contribution in [0.4, 0.5) is 4.39 Å². The lowest BCUT2D eigenvalue weighted by molar-refractivity contribution is 0.412. The molecule has 0 bridgehead atoms. The van der Waals surface area contributed by atoms with Crippen molar-refractivity contribution in [2.24, 2.45) is 0 Å². The molecule has 6 heteroatoms. The number of rotatable bonds is 4. The van der Waals surface area contributed by atoms with Crippen molar-refractivity contribution < 1.29 is 21.7 Å². The number of benzene rings is 2. The van der Waals surface area contributed by atoms with Crippen molar-refractivity contribution in [1.82, 2.24) is 0 Å². The van der Waals surface area contributed by atoms with Gasteiger partial charge >= 0.3 is 10.1 Å². The zero-order valence-electron chi connectivity index (χ0n) is 11.0. The summed E-state index contributed by atoms with van der Waals surface area (Å²) in [5.41, 5.74) is 0.811. The summed E-state index contributed by atoms with van der Waals surface area (Å²) in [5, 5.41) is 0. The van der Waals surface area contributed by atoms with E-state index in [0.717, 1.165) is 6.26 Å². The second kappa shape index (κ2) is 5.50. The van der Waals surface area contributed by atoms with Gasteiger partial charge in [-0.25, -0.2) is 4.39 Å². The first-order valence-electron chi connectivity index (χ1n) is 5.72. The van der Waals surface area contributed by atoms with Gasteiger partial charge in [0.25, 0.3) is 0 Å². The molecular formula is C14H13FO4S. The molecule has 0 aliphatic carbocycles. The second-order valence-corrected chi connectivity index (χ2v) is 5.74. The number of ether oxygens (including phenoxy) is 1. The first-order chi connectivity index (χ1) is 9.39. The van der Waals surface area contributed by atoms with E-state index in [0.29, 0.717) is 16.9 Å². The lowest BCUT2D eigenvalue weighted by atomic mass is 10.0. The summed E-state index contributed by atoms with van der Waals surface area (Å²) in [6.07, 6.45) is 0.940. The summed E-state index contributed by atoms with van der Waals surface area (Å²) in [7, 11) is -2.23. The Morgan fingerprint density at radius 3 is 2.30 bits per heavy atom. The Hall–Kier alpha value is -2.08. The van der Waals surface area contributed by atoms with Crippen molar-refractivity contribution in [3.63, 3.8) is 0 Å². The fourth-order valence-corrected chi connectivity index (χ4v) is 2.21. The molecule has 0 N–H and O–H groups in total. The highest BCUT2D eigenvalue weighted by Gasteiger charge is 2.11. The van der Waals surface area contributed by atoms with Gasteiger partial charge in [0.1, 0.15) is 17.3 Å². The maximum absolute atomic E-state index is 13.8.